The molecule has 3 aromatic rings. The van der Waals surface area contributed by atoms with Crippen LogP contribution in [0.3, 0.4) is 0 Å². The van der Waals surface area contributed by atoms with Crippen molar-refractivity contribution in [2.24, 2.45) is 0 Å². The highest BCUT2D eigenvalue weighted by atomic mass is 19.1. The molecule has 0 saturated heterocycles. The van der Waals surface area contributed by atoms with Crippen molar-refractivity contribution in [1.82, 2.24) is 25.6 Å². The fraction of sp³-hybridized carbons (Fsp3) is 0.158. The van der Waals surface area contributed by atoms with Crippen LogP contribution >= 0.6 is 0 Å². The summed E-state index contributed by atoms with van der Waals surface area (Å²) in [5.41, 5.74) is 2.89. The lowest BCUT2D eigenvalue weighted by molar-refractivity contribution is 0.232. The van der Waals surface area contributed by atoms with Crippen LogP contribution in [0, 0.1) is 5.82 Å². The number of hydrogen-bond donors (Lipinski definition) is 4. The Morgan fingerprint density at radius 3 is 2.64 bits per heavy atom. The first-order valence-corrected chi connectivity index (χ1v) is 8.74. The normalized spacial score (nSPS) is 17.2. The summed E-state index contributed by atoms with van der Waals surface area (Å²) >= 11 is 0. The Bertz CT molecular complexity index is 1010. The number of aromatic nitrogens is 3. The predicted molar refractivity (Wildman–Crippen MR) is 103 cm³/mol. The fourth-order valence-electron chi connectivity index (χ4n) is 3.04. The Kier molecular flexibility index (Phi) is 4.48. The van der Waals surface area contributed by atoms with Gasteiger partial charge in [-0.3, -0.25) is 10.3 Å². The number of nitrogens with zero attached hydrogens (tertiary/aromatic N) is 3. The van der Waals surface area contributed by atoms with Crippen molar-refractivity contribution in [1.29, 1.82) is 0 Å². The minimum Gasteiger partial charge on any atom is -0.338 e. The third kappa shape index (κ3) is 3.29. The number of pyridine rings is 1. The summed E-state index contributed by atoms with van der Waals surface area (Å²) in [6.07, 6.45) is 5.94. The van der Waals surface area contributed by atoms with Crippen molar-refractivity contribution in [3.8, 4) is 11.1 Å². The molecule has 4 rings (SSSR count). The predicted octanol–water partition coefficient (Wildman–Crippen LogP) is 2.64. The summed E-state index contributed by atoms with van der Waals surface area (Å²) in [5, 5.41) is 12.1. The minimum absolute atomic E-state index is 0.353. The molecule has 9 heteroatoms. The van der Waals surface area contributed by atoms with Gasteiger partial charge in [-0.05, 0) is 36.8 Å². The molecule has 0 saturated carbocycles. The topological polar surface area (TPSA) is 104 Å². The first-order valence-electron chi connectivity index (χ1n) is 8.74. The van der Waals surface area contributed by atoms with E-state index in [0.717, 1.165) is 17.4 Å². The molecule has 0 radical (unpaired) electrons. The van der Waals surface area contributed by atoms with Gasteiger partial charge in [0.05, 0.1) is 17.6 Å². The number of carbonyl (C=O) groups is 1. The number of urea groups is 1. The van der Waals surface area contributed by atoms with E-state index in [0.29, 0.717) is 23.6 Å². The van der Waals surface area contributed by atoms with Crippen molar-refractivity contribution in [3.05, 3.63) is 66.8 Å². The molecule has 3 heterocycles. The average molecular weight is 379 g/mol. The van der Waals surface area contributed by atoms with E-state index in [9.17, 15) is 9.18 Å². The maximum Gasteiger partial charge on any atom is 0.318 e. The SMILES string of the molecule is CCNC(=O)NC1(c2ncccn2)Nc2ccc(-c3cncc(F)c3)cc2N1. The van der Waals surface area contributed by atoms with Gasteiger partial charge in [-0.1, -0.05) is 6.07 Å². The molecule has 0 aliphatic carbocycles. The van der Waals surface area contributed by atoms with Crippen LogP contribution in [0.2, 0.25) is 0 Å². The number of rotatable bonds is 4. The Labute approximate surface area is 160 Å². The highest BCUT2D eigenvalue weighted by Gasteiger charge is 2.42. The van der Waals surface area contributed by atoms with Crippen LogP contribution in [0.25, 0.3) is 11.1 Å². The molecule has 1 aliphatic rings. The summed E-state index contributed by atoms with van der Waals surface area (Å²) in [5.74, 6) is -1.28. The second-order valence-corrected chi connectivity index (χ2v) is 6.21. The average Bonchev–Trinajstić information content (AvgIpc) is 3.07. The molecule has 0 bridgehead atoms. The zero-order chi connectivity index (χ0) is 19.6. The van der Waals surface area contributed by atoms with E-state index in [2.05, 4.69) is 36.2 Å². The Morgan fingerprint density at radius 2 is 1.89 bits per heavy atom. The van der Waals surface area contributed by atoms with Gasteiger partial charge in [0.1, 0.15) is 5.82 Å². The first kappa shape index (κ1) is 17.7. The molecular formula is C19H18FN7O. The van der Waals surface area contributed by atoms with Gasteiger partial charge in [0.2, 0.25) is 0 Å². The molecule has 8 nitrogen and oxygen atoms in total. The molecule has 28 heavy (non-hydrogen) atoms. The smallest absolute Gasteiger partial charge is 0.318 e. The van der Waals surface area contributed by atoms with Crippen molar-refractivity contribution in [2.45, 2.75) is 12.7 Å². The zero-order valence-electron chi connectivity index (χ0n) is 15.0. The number of halogens is 1. The van der Waals surface area contributed by atoms with E-state index in [1.165, 1.54) is 6.07 Å². The number of benzene rings is 1. The second kappa shape index (κ2) is 7.10. The van der Waals surface area contributed by atoms with Gasteiger partial charge < -0.3 is 16.0 Å². The van der Waals surface area contributed by atoms with Gasteiger partial charge >= 0.3 is 6.03 Å². The van der Waals surface area contributed by atoms with Gasteiger partial charge in [-0.15, -0.1) is 0 Å². The second-order valence-electron chi connectivity index (χ2n) is 6.21. The molecule has 1 aromatic carbocycles. The number of fused-ring (bicyclic) bond motifs is 1. The molecule has 1 atom stereocenters. The van der Waals surface area contributed by atoms with Crippen LogP contribution in [-0.2, 0) is 5.79 Å². The van der Waals surface area contributed by atoms with Gasteiger partial charge in [0, 0.05) is 30.7 Å². The Morgan fingerprint density at radius 1 is 1.11 bits per heavy atom. The summed E-state index contributed by atoms with van der Waals surface area (Å²) in [7, 11) is 0. The van der Waals surface area contributed by atoms with E-state index in [-0.39, 0.29) is 6.03 Å². The van der Waals surface area contributed by atoms with E-state index < -0.39 is 11.6 Å². The highest BCUT2D eigenvalue weighted by molar-refractivity contribution is 5.84. The highest BCUT2D eigenvalue weighted by Crippen LogP contribution is 2.39. The van der Waals surface area contributed by atoms with Gasteiger partial charge in [0.25, 0.3) is 5.79 Å². The molecule has 2 amide bonds. The Balaban J connectivity index is 1.70. The van der Waals surface area contributed by atoms with E-state index >= 15 is 0 Å². The maximum absolute atomic E-state index is 13.5. The zero-order valence-corrected chi connectivity index (χ0v) is 15.0. The van der Waals surface area contributed by atoms with Crippen molar-refractivity contribution >= 4 is 17.4 Å². The summed E-state index contributed by atoms with van der Waals surface area (Å²) in [6.45, 7) is 2.30. The van der Waals surface area contributed by atoms with Crippen LogP contribution in [-0.4, -0.2) is 27.5 Å². The molecule has 0 spiro atoms. The minimum atomic E-state index is -1.22. The molecule has 2 aromatic heterocycles. The summed E-state index contributed by atoms with van der Waals surface area (Å²) in [6, 6.07) is 8.27. The van der Waals surface area contributed by atoms with Crippen LogP contribution in [0.15, 0.2) is 55.1 Å². The van der Waals surface area contributed by atoms with Crippen LogP contribution in [0.4, 0.5) is 20.6 Å². The van der Waals surface area contributed by atoms with Crippen molar-refractivity contribution in [2.75, 3.05) is 17.2 Å². The van der Waals surface area contributed by atoms with Gasteiger partial charge in [-0.2, -0.15) is 0 Å². The number of amides is 2. The van der Waals surface area contributed by atoms with Crippen LogP contribution in [0.1, 0.15) is 12.7 Å². The molecule has 4 N–H and O–H groups in total. The monoisotopic (exact) mass is 379 g/mol. The fourth-order valence-corrected chi connectivity index (χ4v) is 3.04. The molecule has 142 valence electrons. The number of anilines is 2. The lowest BCUT2D eigenvalue weighted by atomic mass is 10.1. The lowest BCUT2D eigenvalue weighted by Crippen LogP contribution is -2.58. The third-order valence-corrected chi connectivity index (χ3v) is 4.24. The summed E-state index contributed by atoms with van der Waals surface area (Å²) < 4.78 is 13.5. The quantitative estimate of drug-likeness (QED) is 0.556. The van der Waals surface area contributed by atoms with E-state index in [1.807, 2.05) is 25.1 Å². The van der Waals surface area contributed by atoms with Gasteiger partial charge in [-0.25, -0.2) is 19.2 Å². The van der Waals surface area contributed by atoms with Gasteiger partial charge in [0.15, 0.2) is 5.82 Å². The number of nitrogens with one attached hydrogen (secondary N) is 4. The summed E-state index contributed by atoms with van der Waals surface area (Å²) in [4.78, 5) is 24.7. The first-order chi connectivity index (χ1) is 13.6. The van der Waals surface area contributed by atoms with E-state index in [4.69, 9.17) is 0 Å². The molecule has 0 fully saturated rings. The lowest BCUT2D eigenvalue weighted by Gasteiger charge is -2.29. The van der Waals surface area contributed by atoms with Crippen LogP contribution < -0.4 is 21.3 Å². The maximum atomic E-state index is 13.5. The Hall–Kier alpha value is -3.75. The molecule has 1 aliphatic heterocycles. The largest absolute Gasteiger partial charge is 0.338 e. The van der Waals surface area contributed by atoms with Crippen molar-refractivity contribution < 1.29 is 9.18 Å². The third-order valence-electron chi connectivity index (χ3n) is 4.24. The number of carbonyl (C=O) groups excluding carboxylic acids is 1. The molecule has 1 unspecified atom stereocenters. The number of hydrogen-bond acceptors (Lipinski definition) is 6. The standard InChI is InChI=1S/C19H18FN7O/c1-2-22-18(28)27-19(17-23-6-3-7-24-17)25-15-5-4-12(9-16(15)26-19)13-8-14(20)11-21-10-13/h3-11,25-26H,2H2,1H3,(H2,22,27,28). The molecular weight excluding hydrogens is 361 g/mol. The van der Waals surface area contributed by atoms with E-state index in [1.54, 1.807) is 24.7 Å². The van der Waals surface area contributed by atoms with Crippen molar-refractivity contribution in [3.63, 3.8) is 0 Å². The van der Waals surface area contributed by atoms with Crippen LogP contribution in [0.5, 0.6) is 0 Å².